The number of carbonyl (C=O) groups is 2. The van der Waals surface area contributed by atoms with E-state index in [4.69, 9.17) is 14.6 Å². The first-order valence-corrected chi connectivity index (χ1v) is 18.9. The second-order valence-electron chi connectivity index (χ2n) is 13.4. The van der Waals surface area contributed by atoms with Gasteiger partial charge in [-0.1, -0.05) is 101 Å². The molecule has 1 N–H and O–H groups in total. The third kappa shape index (κ3) is 10.6. The summed E-state index contributed by atoms with van der Waals surface area (Å²) in [5, 5.41) is 10.7. The van der Waals surface area contributed by atoms with E-state index in [1.54, 1.807) is 36.2 Å². The Labute approximate surface area is 285 Å². The maximum absolute atomic E-state index is 13.6. The Morgan fingerprint density at radius 3 is 2.68 bits per heavy atom. The number of unbranched alkanes of at least 4 members (excludes halogenated alkanes) is 3. The van der Waals surface area contributed by atoms with E-state index >= 15 is 0 Å². The molecule has 47 heavy (non-hydrogen) atoms. The molecule has 2 aromatic rings. The molecule has 1 saturated carbocycles. The molecule has 1 heterocycles. The van der Waals surface area contributed by atoms with Crippen molar-refractivity contribution in [2.75, 3.05) is 11.9 Å². The van der Waals surface area contributed by atoms with Crippen molar-refractivity contribution in [1.29, 1.82) is 0 Å². The number of para-hydroxylation sites is 1. The number of nitrogens with one attached hydrogen (secondary N) is 1. The highest BCUT2D eigenvalue weighted by Crippen LogP contribution is 2.39. The molecule has 1 aliphatic heterocycles. The molecule has 0 amide bonds. The van der Waals surface area contributed by atoms with Crippen molar-refractivity contribution < 1.29 is 19.1 Å². The second kappa shape index (κ2) is 18.3. The van der Waals surface area contributed by atoms with E-state index < -0.39 is 0 Å². The smallest absolute Gasteiger partial charge is 0.339 e. The van der Waals surface area contributed by atoms with Crippen molar-refractivity contribution in [2.24, 2.45) is 16.9 Å². The van der Waals surface area contributed by atoms with Crippen molar-refractivity contribution in [1.82, 2.24) is 5.01 Å². The number of hydrazone groups is 1. The summed E-state index contributed by atoms with van der Waals surface area (Å²) in [4.78, 5) is 27.8. The van der Waals surface area contributed by atoms with Gasteiger partial charge in [0.25, 0.3) is 0 Å². The standard InChI is InChI=1S/C39H53N3O4S/c1-3-29(2)17-9-6-7-16-26-42(39-41-35-22-14-15-23-36(35)47-39)40-28-31-27-33(46-37(43)30-18-10-8-11-19-30)24-25-34(31)38(44)45-32-20-12-4-5-13-21-32/h4,12,14-15,22-25,27-30,32,39,41H,3,5-11,13,16-21,26H2,1-2H3/b40-28+/t29?,32-,39?/m0/s1. The largest absolute Gasteiger partial charge is 0.458 e. The van der Waals surface area contributed by atoms with Crippen molar-refractivity contribution in [3.05, 3.63) is 65.7 Å². The molecule has 2 unspecified atom stereocenters. The van der Waals surface area contributed by atoms with E-state index in [1.807, 2.05) is 6.07 Å². The van der Waals surface area contributed by atoms with Gasteiger partial charge in [0.15, 0.2) is 5.50 Å². The molecule has 7 nitrogen and oxygen atoms in total. The molecule has 2 aromatic carbocycles. The van der Waals surface area contributed by atoms with Crippen LogP contribution in [-0.4, -0.2) is 41.3 Å². The number of benzene rings is 2. The van der Waals surface area contributed by atoms with Gasteiger partial charge in [0.2, 0.25) is 0 Å². The van der Waals surface area contributed by atoms with Crippen molar-refractivity contribution in [3.8, 4) is 5.75 Å². The first kappa shape index (κ1) is 35.1. The molecule has 0 aromatic heterocycles. The lowest BCUT2D eigenvalue weighted by atomic mass is 9.89. The van der Waals surface area contributed by atoms with Crippen LogP contribution in [0, 0.1) is 11.8 Å². The lowest BCUT2D eigenvalue weighted by molar-refractivity contribution is -0.139. The summed E-state index contributed by atoms with van der Waals surface area (Å²) in [5.74, 6) is 0.593. The Hall–Kier alpha value is -3.26. The van der Waals surface area contributed by atoms with Gasteiger partial charge in [-0.25, -0.2) is 4.79 Å². The summed E-state index contributed by atoms with van der Waals surface area (Å²) in [6.07, 6.45) is 21.6. The second-order valence-corrected chi connectivity index (χ2v) is 14.5. The van der Waals surface area contributed by atoms with E-state index in [0.717, 1.165) is 82.4 Å². The molecule has 1 fully saturated rings. The maximum atomic E-state index is 13.6. The number of ether oxygens (including phenoxy) is 2. The molecule has 0 radical (unpaired) electrons. The normalized spacial score (nSPS) is 20.3. The minimum absolute atomic E-state index is 0.0655. The number of allylic oxidation sites excluding steroid dienone is 1. The summed E-state index contributed by atoms with van der Waals surface area (Å²) < 4.78 is 11.9. The highest BCUT2D eigenvalue weighted by atomic mass is 32.2. The Bertz CT molecular complexity index is 1350. The summed E-state index contributed by atoms with van der Waals surface area (Å²) in [6.45, 7) is 5.38. The minimum Gasteiger partial charge on any atom is -0.458 e. The van der Waals surface area contributed by atoms with Crippen LogP contribution in [0.15, 0.2) is 64.6 Å². The zero-order valence-corrected chi connectivity index (χ0v) is 29.1. The lowest BCUT2D eigenvalue weighted by Crippen LogP contribution is -2.33. The molecule has 0 bridgehead atoms. The van der Waals surface area contributed by atoms with Gasteiger partial charge in [0.05, 0.1) is 23.4 Å². The summed E-state index contributed by atoms with van der Waals surface area (Å²) >= 11 is 1.75. The predicted molar refractivity (Wildman–Crippen MR) is 192 cm³/mol. The molecule has 3 aliphatic rings. The van der Waals surface area contributed by atoms with Crippen molar-refractivity contribution >= 4 is 35.6 Å². The number of hydrogen-bond acceptors (Lipinski definition) is 8. The molecule has 2 aliphatic carbocycles. The number of nitrogens with zero attached hydrogens (tertiary/aromatic N) is 2. The topological polar surface area (TPSA) is 80.2 Å². The van der Waals surface area contributed by atoms with Crippen LogP contribution in [-0.2, 0) is 9.53 Å². The average Bonchev–Trinajstić information content (AvgIpc) is 3.36. The Balaban J connectivity index is 1.34. The number of esters is 2. The third-order valence-electron chi connectivity index (χ3n) is 9.69. The van der Waals surface area contributed by atoms with Gasteiger partial charge >= 0.3 is 11.9 Å². The number of rotatable bonds is 15. The highest BCUT2D eigenvalue weighted by molar-refractivity contribution is 8.00. The van der Waals surface area contributed by atoms with Gasteiger partial charge in [-0.15, -0.1) is 0 Å². The Morgan fingerprint density at radius 2 is 1.85 bits per heavy atom. The number of thioether (sulfide) groups is 1. The Kier molecular flexibility index (Phi) is 13.7. The summed E-state index contributed by atoms with van der Waals surface area (Å²) in [6, 6.07) is 13.5. The molecule has 8 heteroatoms. The van der Waals surface area contributed by atoms with Crippen molar-refractivity contribution in [3.63, 3.8) is 0 Å². The minimum atomic E-state index is -0.370. The van der Waals surface area contributed by atoms with E-state index in [-0.39, 0.29) is 29.5 Å². The van der Waals surface area contributed by atoms with Crippen LogP contribution in [0.1, 0.15) is 126 Å². The van der Waals surface area contributed by atoms with Gasteiger partial charge in [-0.05, 0) is 74.8 Å². The zero-order valence-electron chi connectivity index (χ0n) is 28.3. The fourth-order valence-corrected chi connectivity index (χ4v) is 7.63. The fourth-order valence-electron chi connectivity index (χ4n) is 6.51. The van der Waals surface area contributed by atoms with Crippen LogP contribution >= 0.6 is 11.8 Å². The number of fused-ring (bicyclic) bond motifs is 1. The van der Waals surface area contributed by atoms with Gasteiger partial charge < -0.3 is 14.8 Å². The van der Waals surface area contributed by atoms with E-state index in [0.29, 0.717) is 16.9 Å². The van der Waals surface area contributed by atoms with Crippen molar-refractivity contribution in [2.45, 2.75) is 127 Å². The van der Waals surface area contributed by atoms with Crippen LogP contribution in [0.3, 0.4) is 0 Å². The van der Waals surface area contributed by atoms with Crippen LogP contribution in [0.4, 0.5) is 5.69 Å². The molecule has 0 saturated heterocycles. The Morgan fingerprint density at radius 1 is 1.02 bits per heavy atom. The van der Waals surface area contributed by atoms with Crippen LogP contribution in [0.5, 0.6) is 5.75 Å². The van der Waals surface area contributed by atoms with E-state index in [1.165, 1.54) is 37.0 Å². The molecule has 0 spiro atoms. The van der Waals surface area contributed by atoms with E-state index in [2.05, 4.69) is 54.5 Å². The zero-order chi connectivity index (χ0) is 32.8. The molecular weight excluding hydrogens is 607 g/mol. The number of hydrogen-bond donors (Lipinski definition) is 1. The van der Waals surface area contributed by atoms with Gasteiger partial charge in [-0.2, -0.15) is 5.10 Å². The van der Waals surface area contributed by atoms with Gasteiger partial charge in [-0.3, -0.25) is 9.80 Å². The van der Waals surface area contributed by atoms with E-state index in [9.17, 15) is 9.59 Å². The van der Waals surface area contributed by atoms with Crippen LogP contribution < -0.4 is 10.1 Å². The number of anilines is 1. The predicted octanol–water partition coefficient (Wildman–Crippen LogP) is 9.96. The highest BCUT2D eigenvalue weighted by Gasteiger charge is 2.27. The molecule has 5 rings (SSSR count). The fraction of sp³-hybridized carbons (Fsp3) is 0.564. The average molecular weight is 660 g/mol. The van der Waals surface area contributed by atoms with Crippen LogP contribution in [0.2, 0.25) is 0 Å². The first-order valence-electron chi connectivity index (χ1n) is 18.0. The monoisotopic (exact) mass is 659 g/mol. The van der Waals surface area contributed by atoms with Gasteiger partial charge in [0.1, 0.15) is 11.9 Å². The SMILES string of the molecule is CCC(C)CCCCCCN(/N=C/c1cc(OC(=O)C2CCCCC2)ccc1C(=O)O[C@H]1CC=CCCC1)C1Nc2ccccc2S1. The molecule has 254 valence electrons. The number of carbonyl (C=O) groups excluding carboxylic acids is 2. The first-order chi connectivity index (χ1) is 23.0. The van der Waals surface area contributed by atoms with Crippen LogP contribution in [0.25, 0.3) is 0 Å². The quantitative estimate of drug-likeness (QED) is 0.0509. The lowest BCUT2D eigenvalue weighted by Gasteiger charge is -2.26. The van der Waals surface area contributed by atoms with Gasteiger partial charge in [0, 0.05) is 23.4 Å². The summed E-state index contributed by atoms with van der Waals surface area (Å²) in [7, 11) is 0. The maximum Gasteiger partial charge on any atom is 0.339 e. The third-order valence-corrected chi connectivity index (χ3v) is 10.9. The molecular formula is C39H53N3O4S. The summed E-state index contributed by atoms with van der Waals surface area (Å²) in [5.41, 5.74) is 2.06. The molecule has 3 atom stereocenters.